The molecule has 0 amide bonds. The summed E-state index contributed by atoms with van der Waals surface area (Å²) in [7, 11) is 0. The minimum absolute atomic E-state index is 0.752. The molecule has 12 heterocycles. The van der Waals surface area contributed by atoms with E-state index >= 15 is 0 Å². The van der Waals surface area contributed by atoms with E-state index in [1.165, 1.54) is 0 Å². The van der Waals surface area contributed by atoms with E-state index in [9.17, 15) is 163 Å². The number of ether oxygens (including phenoxy) is 23. The normalized spacial score (nSPS) is 53.7. The Morgan fingerprint density at radius 1 is 0.140 bits per heavy atom. The molecule has 12 aliphatic rings. The molecule has 0 bridgehead atoms. The summed E-state index contributed by atoms with van der Waals surface area (Å²) < 4.78 is 133. The largest absolute Gasteiger partial charge is 0.394 e. The van der Waals surface area contributed by atoms with E-state index in [0.717, 1.165) is 0 Å². The standard InChI is InChI=1S/C66H110O55/c67-1-13-25(75)36(86)45(95)59(104-13)118-53-40(90)29(79)17(5-71)109-65(53)120-51-38(88)27(77)15(3-69)106-62(51)100-10-22-32(82)43(93)57(112-22)116-49-34(84)19(7-73)108-61(49)102-12-24-48(47(97)56(114-24)99-9-21-31(81)42(92)55(98)103-21)115-64-50(35(85)20(8-74)111-64)117-58-44(94)33(83)23(113-58)11-101-63-52(39(89)28(78)16(4-70)107-63)121-66-54(41(91)30(80)18(6-72)110-66)119-60-46(96)37(87)26(76)14(2-68)105-60/h13-98H,1-12H2/t13-,14-,15-,16-,17-,18-,19-,20-,21-,22-,23-,24-,25-,26-,27-,28-,29-,30-,31-,32-,33-,34-,35-,36+,37+,38+,39+,40+,41+,42+,43+,44+,45+,46+,47+,48-,49+,50+,51+,52+,53+,54+,55+,56+,57+,58+,59-,60-,61+,62+,63+,64-,65-,66-/m1/s1. The molecule has 0 spiro atoms. The Bertz CT molecular complexity index is 3120. The van der Waals surface area contributed by atoms with Crippen LogP contribution < -0.4 is 0 Å². The van der Waals surface area contributed by atoms with Crippen molar-refractivity contribution in [1.82, 2.24) is 0 Å². The van der Waals surface area contributed by atoms with Gasteiger partial charge in [-0.1, -0.05) is 0 Å². The number of aliphatic hydroxyl groups is 32. The average Bonchev–Trinajstić information content (AvgIpc) is 1.67. The molecule has 55 heteroatoms. The molecule has 0 aliphatic carbocycles. The molecule has 0 aromatic carbocycles. The summed E-state index contributed by atoms with van der Waals surface area (Å²) in [5.41, 5.74) is 0. The minimum Gasteiger partial charge on any atom is -0.394 e. The SMILES string of the molecule is OC[C@H]1O[C@H](O[C@@H]2[C@@H](O[C@@H]3[C@@H](OC[C@H]4O[C@@H](O[C@@H]5[C@@H](OC[C@H]6O[C@H](OC[C@H]7O[C@H](O)[C@@H](O)[C@@H]7O)[C@@H](O)[C@@H]6O[C@H]6O[C@H](CO)[C@@H](O)[C@@H]6O[C@@H]6O[C@H](CO[C@H]7O[C@H](CO)[C@@H](O)[C@H](O)[C@@H]7O[C@H]7O[C@H](CO)[C@@H](O)[C@H](O)[C@@H]7O[C@H]7O[C@H](CO)[C@@H](O)[C@H](O)[C@@H]7O)[C@@H](O)[C@@H]6O)O[C@H](CO)[C@H]5O)[C@@H](O)[C@@H]4O)O[C@H](CO)[C@@H](O)[C@@H]3O)O[C@H](CO)[C@@H](O)[C@@H]2O)[C@@H](O)[C@@H](O)[C@@H]1O. The van der Waals surface area contributed by atoms with Crippen molar-refractivity contribution in [3.63, 3.8) is 0 Å². The lowest BCUT2D eigenvalue weighted by atomic mass is 9.96. The number of hydrogen-bond acceptors (Lipinski definition) is 55. The van der Waals surface area contributed by atoms with E-state index in [2.05, 4.69) is 0 Å². The van der Waals surface area contributed by atoms with Crippen molar-refractivity contribution in [2.75, 3.05) is 79.3 Å². The third-order valence-electron chi connectivity index (χ3n) is 22.9. The second-order valence-corrected chi connectivity index (χ2v) is 30.8. The minimum atomic E-state index is -2.18. The van der Waals surface area contributed by atoms with Crippen molar-refractivity contribution in [3.05, 3.63) is 0 Å². The lowest BCUT2D eigenvalue weighted by Crippen LogP contribution is -2.67. The van der Waals surface area contributed by atoms with E-state index in [-0.39, 0.29) is 0 Å². The summed E-state index contributed by atoms with van der Waals surface area (Å²) in [6, 6.07) is 0. The second-order valence-electron chi connectivity index (χ2n) is 30.8. The molecule has 12 fully saturated rings. The van der Waals surface area contributed by atoms with Gasteiger partial charge in [-0.2, -0.15) is 0 Å². The number of aliphatic hydroxyl groups excluding tert-OH is 32. The van der Waals surface area contributed by atoms with Crippen molar-refractivity contribution in [3.8, 4) is 0 Å². The average molecular weight is 1780 g/mol. The predicted molar refractivity (Wildman–Crippen MR) is 359 cm³/mol. The van der Waals surface area contributed by atoms with Crippen LogP contribution in [-0.2, 0) is 109 Å². The van der Waals surface area contributed by atoms with E-state index in [4.69, 9.17) is 109 Å². The van der Waals surface area contributed by atoms with Crippen LogP contribution in [0, 0.1) is 0 Å². The van der Waals surface area contributed by atoms with E-state index in [1.54, 1.807) is 0 Å². The van der Waals surface area contributed by atoms with Crippen molar-refractivity contribution < 1.29 is 272 Å². The zero-order chi connectivity index (χ0) is 87.9. The molecule has 12 aliphatic heterocycles. The second kappa shape index (κ2) is 42.3. The van der Waals surface area contributed by atoms with Crippen LogP contribution in [0.3, 0.4) is 0 Å². The van der Waals surface area contributed by atoms with Gasteiger partial charge in [-0.25, -0.2) is 0 Å². The first kappa shape index (κ1) is 97.8. The van der Waals surface area contributed by atoms with Crippen LogP contribution in [0.2, 0.25) is 0 Å². The quantitative estimate of drug-likeness (QED) is 0.0284. The van der Waals surface area contributed by atoms with Crippen LogP contribution in [0.4, 0.5) is 0 Å². The van der Waals surface area contributed by atoms with Gasteiger partial charge in [-0.05, 0) is 0 Å². The molecule has 0 saturated carbocycles. The van der Waals surface area contributed by atoms with Crippen LogP contribution in [0.5, 0.6) is 0 Å². The van der Waals surface area contributed by atoms with Crippen LogP contribution >= 0.6 is 0 Å². The lowest BCUT2D eigenvalue weighted by Gasteiger charge is -2.48. The summed E-state index contributed by atoms with van der Waals surface area (Å²) in [4.78, 5) is 0. The van der Waals surface area contributed by atoms with Crippen molar-refractivity contribution >= 4 is 0 Å². The predicted octanol–water partition coefficient (Wildman–Crippen LogP) is -23.3. The van der Waals surface area contributed by atoms with Gasteiger partial charge in [0.25, 0.3) is 0 Å². The van der Waals surface area contributed by atoms with Crippen molar-refractivity contribution in [2.24, 2.45) is 0 Å². The highest BCUT2D eigenvalue weighted by molar-refractivity contribution is 5.03. The molecule has 54 atom stereocenters. The molecule has 121 heavy (non-hydrogen) atoms. The molecule has 704 valence electrons. The first-order valence-electron chi connectivity index (χ1n) is 38.7. The van der Waals surface area contributed by atoms with Gasteiger partial charge in [-0.3, -0.25) is 0 Å². The van der Waals surface area contributed by atoms with Crippen molar-refractivity contribution in [1.29, 1.82) is 0 Å². The van der Waals surface area contributed by atoms with Crippen LogP contribution in [-0.4, -0.2) is 575 Å². The van der Waals surface area contributed by atoms with E-state index in [0.29, 0.717) is 0 Å². The van der Waals surface area contributed by atoms with Gasteiger partial charge in [0, 0.05) is 0 Å². The molecule has 32 N–H and O–H groups in total. The Morgan fingerprint density at radius 2 is 0.331 bits per heavy atom. The van der Waals surface area contributed by atoms with Gasteiger partial charge in [0.15, 0.2) is 75.5 Å². The zero-order valence-electron chi connectivity index (χ0n) is 63.4. The van der Waals surface area contributed by atoms with Gasteiger partial charge >= 0.3 is 0 Å². The van der Waals surface area contributed by atoms with Gasteiger partial charge in [-0.15, -0.1) is 0 Å². The third kappa shape index (κ3) is 20.5. The molecule has 12 rings (SSSR count). The summed E-state index contributed by atoms with van der Waals surface area (Å²) in [6.07, 6.45) is -105. The number of rotatable bonds is 34. The van der Waals surface area contributed by atoms with Crippen molar-refractivity contribution in [2.45, 2.75) is 332 Å². The van der Waals surface area contributed by atoms with Gasteiger partial charge < -0.3 is 272 Å². The molecular weight excluding hydrogens is 1670 g/mol. The Morgan fingerprint density at radius 3 is 0.636 bits per heavy atom. The Labute approximate surface area is 681 Å². The maximum absolute atomic E-state index is 12.0. The van der Waals surface area contributed by atoms with Crippen LogP contribution in [0.25, 0.3) is 0 Å². The maximum atomic E-state index is 12.0. The Hall–Kier alpha value is -2.20. The monoisotopic (exact) mass is 1780 g/mol. The third-order valence-corrected chi connectivity index (χ3v) is 22.9. The van der Waals surface area contributed by atoms with E-state index in [1.807, 2.05) is 0 Å². The molecular formula is C66H110O55. The van der Waals surface area contributed by atoms with Crippen LogP contribution in [0.15, 0.2) is 0 Å². The fraction of sp³-hybridized carbons (Fsp3) is 1.00. The summed E-state index contributed by atoms with van der Waals surface area (Å²) in [6.45, 7) is -11.4. The molecule has 12 saturated heterocycles. The molecule has 0 unspecified atom stereocenters. The molecule has 0 radical (unpaired) electrons. The highest BCUT2D eigenvalue weighted by atomic mass is 16.8. The number of hydrogen-bond donors (Lipinski definition) is 32. The van der Waals surface area contributed by atoms with E-state index < -0.39 is 411 Å². The smallest absolute Gasteiger partial charge is 0.187 e. The van der Waals surface area contributed by atoms with Gasteiger partial charge in [0.2, 0.25) is 0 Å². The first-order chi connectivity index (χ1) is 57.6. The summed E-state index contributed by atoms with van der Waals surface area (Å²) in [5, 5.41) is 345. The van der Waals surface area contributed by atoms with Gasteiger partial charge in [0.1, 0.15) is 256 Å². The maximum Gasteiger partial charge on any atom is 0.187 e. The Kier molecular flexibility index (Phi) is 34.2. The molecule has 0 aromatic heterocycles. The van der Waals surface area contributed by atoms with Crippen LogP contribution in [0.1, 0.15) is 0 Å². The van der Waals surface area contributed by atoms with Gasteiger partial charge in [0.05, 0.1) is 79.3 Å². The highest BCUT2D eigenvalue weighted by Crippen LogP contribution is 2.42. The molecule has 0 aromatic rings. The summed E-state index contributed by atoms with van der Waals surface area (Å²) in [5.74, 6) is 0. The Balaban J connectivity index is 0.716. The zero-order valence-corrected chi connectivity index (χ0v) is 63.4. The highest BCUT2D eigenvalue weighted by Gasteiger charge is 2.62. The summed E-state index contributed by atoms with van der Waals surface area (Å²) >= 11 is 0. The first-order valence-corrected chi connectivity index (χ1v) is 38.7. The fourth-order valence-corrected chi connectivity index (χ4v) is 15.7. The molecule has 55 nitrogen and oxygen atoms in total. The fourth-order valence-electron chi connectivity index (χ4n) is 15.7. The topological polar surface area (TPSA) is 860 Å². The lowest BCUT2D eigenvalue weighted by molar-refractivity contribution is -0.394.